The van der Waals surface area contributed by atoms with E-state index in [1.165, 1.54) is 12.8 Å². The highest BCUT2D eigenvalue weighted by molar-refractivity contribution is 5.69. The van der Waals surface area contributed by atoms with E-state index in [0.717, 1.165) is 12.1 Å². The number of hydrogen-bond acceptors (Lipinski definition) is 3. The van der Waals surface area contributed by atoms with E-state index < -0.39 is 5.97 Å². The van der Waals surface area contributed by atoms with Crippen LogP contribution < -0.4 is 0 Å². The molecule has 1 saturated carbocycles. The minimum atomic E-state index is -0.761. The summed E-state index contributed by atoms with van der Waals surface area (Å²) in [5.74, 6) is -0.133. The SMILES string of the molecule is O=C(O)CN1C[C@@H](c2ccccc2)O[C@@H](C2CC2)C1. The van der Waals surface area contributed by atoms with Crippen LogP contribution in [0.4, 0.5) is 0 Å². The van der Waals surface area contributed by atoms with Crippen molar-refractivity contribution in [3.05, 3.63) is 35.9 Å². The molecule has 1 N–H and O–H groups in total. The zero-order valence-electron chi connectivity index (χ0n) is 10.9. The predicted molar refractivity (Wildman–Crippen MR) is 70.9 cm³/mol. The summed E-state index contributed by atoms with van der Waals surface area (Å²) < 4.78 is 6.17. The van der Waals surface area contributed by atoms with E-state index in [2.05, 4.69) is 12.1 Å². The van der Waals surface area contributed by atoms with E-state index >= 15 is 0 Å². The number of morpholine rings is 1. The topological polar surface area (TPSA) is 49.8 Å². The highest BCUT2D eigenvalue weighted by Crippen LogP contribution is 2.39. The Morgan fingerprint density at radius 3 is 2.63 bits per heavy atom. The standard InChI is InChI=1S/C15H19NO3/c17-15(18)10-16-8-13(11-4-2-1-3-5-11)19-14(9-16)12-6-7-12/h1-5,12-14H,6-10H2,(H,17,18)/t13-,14+/m0/s1. The number of ether oxygens (including phenoxy) is 1. The first-order chi connectivity index (χ1) is 9.22. The van der Waals surface area contributed by atoms with Gasteiger partial charge in [0.25, 0.3) is 0 Å². The van der Waals surface area contributed by atoms with Crippen molar-refractivity contribution >= 4 is 5.97 Å². The second-order valence-corrected chi connectivity index (χ2v) is 5.50. The molecular weight excluding hydrogens is 242 g/mol. The summed E-state index contributed by atoms with van der Waals surface area (Å²) in [6.45, 7) is 1.52. The molecule has 1 aromatic rings. The van der Waals surface area contributed by atoms with Gasteiger partial charge in [-0.1, -0.05) is 30.3 Å². The Morgan fingerprint density at radius 1 is 1.26 bits per heavy atom. The number of carboxylic acids is 1. The smallest absolute Gasteiger partial charge is 0.317 e. The number of carbonyl (C=O) groups is 1. The molecule has 3 rings (SSSR count). The number of benzene rings is 1. The van der Waals surface area contributed by atoms with Crippen LogP contribution >= 0.6 is 0 Å². The molecule has 102 valence electrons. The fourth-order valence-corrected chi connectivity index (χ4v) is 2.76. The van der Waals surface area contributed by atoms with Gasteiger partial charge in [-0.2, -0.15) is 0 Å². The Bertz CT molecular complexity index is 444. The fraction of sp³-hybridized carbons (Fsp3) is 0.533. The molecule has 0 aromatic heterocycles. The third kappa shape index (κ3) is 3.14. The molecule has 0 spiro atoms. The summed E-state index contributed by atoms with van der Waals surface area (Å²) in [6, 6.07) is 10.1. The molecule has 4 nitrogen and oxygen atoms in total. The molecule has 4 heteroatoms. The number of nitrogens with zero attached hydrogens (tertiary/aromatic N) is 1. The molecule has 19 heavy (non-hydrogen) atoms. The van der Waals surface area contributed by atoms with Crippen molar-refractivity contribution in [3.8, 4) is 0 Å². The van der Waals surface area contributed by atoms with Crippen molar-refractivity contribution in [2.24, 2.45) is 5.92 Å². The molecule has 1 aliphatic heterocycles. The average molecular weight is 261 g/mol. The maximum absolute atomic E-state index is 10.9. The van der Waals surface area contributed by atoms with Crippen LogP contribution in [-0.2, 0) is 9.53 Å². The van der Waals surface area contributed by atoms with E-state index in [1.807, 2.05) is 23.1 Å². The van der Waals surface area contributed by atoms with Crippen LogP contribution in [0.5, 0.6) is 0 Å². The molecule has 1 heterocycles. The average Bonchev–Trinajstić information content (AvgIpc) is 3.23. The largest absolute Gasteiger partial charge is 0.480 e. The Hall–Kier alpha value is -1.39. The Labute approximate surface area is 113 Å². The van der Waals surface area contributed by atoms with E-state index in [0.29, 0.717) is 12.5 Å². The second kappa shape index (κ2) is 5.31. The van der Waals surface area contributed by atoms with Crippen molar-refractivity contribution in [1.29, 1.82) is 0 Å². The van der Waals surface area contributed by atoms with Crippen LogP contribution in [0.2, 0.25) is 0 Å². The summed E-state index contributed by atoms with van der Waals surface area (Å²) in [6.07, 6.45) is 2.62. The van der Waals surface area contributed by atoms with Crippen LogP contribution in [0.25, 0.3) is 0 Å². The summed E-state index contributed by atoms with van der Waals surface area (Å²) in [4.78, 5) is 12.9. The number of carboxylic acid groups (broad SMARTS) is 1. The van der Waals surface area contributed by atoms with Crippen molar-refractivity contribution in [1.82, 2.24) is 4.90 Å². The van der Waals surface area contributed by atoms with Crippen molar-refractivity contribution in [2.75, 3.05) is 19.6 Å². The molecule has 0 unspecified atom stereocenters. The van der Waals surface area contributed by atoms with E-state index in [4.69, 9.17) is 9.84 Å². The maximum atomic E-state index is 10.9. The molecule has 0 bridgehead atoms. The van der Waals surface area contributed by atoms with Crippen LogP contribution in [-0.4, -0.2) is 41.7 Å². The monoisotopic (exact) mass is 261 g/mol. The van der Waals surface area contributed by atoms with Crippen LogP contribution in [0, 0.1) is 5.92 Å². The molecule has 1 aromatic carbocycles. The number of aliphatic carboxylic acids is 1. The van der Waals surface area contributed by atoms with Gasteiger partial charge in [-0.05, 0) is 24.3 Å². The zero-order valence-corrected chi connectivity index (χ0v) is 10.9. The van der Waals surface area contributed by atoms with E-state index in [1.54, 1.807) is 0 Å². The molecular formula is C15H19NO3. The molecule has 1 saturated heterocycles. The lowest BCUT2D eigenvalue weighted by molar-refractivity contribution is -0.143. The van der Waals surface area contributed by atoms with Gasteiger partial charge in [0.1, 0.15) is 0 Å². The van der Waals surface area contributed by atoms with Crippen LogP contribution in [0.3, 0.4) is 0 Å². The van der Waals surface area contributed by atoms with Gasteiger partial charge in [0.15, 0.2) is 0 Å². The zero-order chi connectivity index (χ0) is 13.2. The van der Waals surface area contributed by atoms with E-state index in [-0.39, 0.29) is 18.8 Å². The first kappa shape index (κ1) is 12.6. The lowest BCUT2D eigenvalue weighted by atomic mass is 10.0. The van der Waals surface area contributed by atoms with Crippen molar-refractivity contribution in [2.45, 2.75) is 25.0 Å². The van der Waals surface area contributed by atoms with Crippen molar-refractivity contribution in [3.63, 3.8) is 0 Å². The highest BCUT2D eigenvalue weighted by Gasteiger charge is 2.39. The Balaban J connectivity index is 1.73. The van der Waals surface area contributed by atoms with Gasteiger partial charge >= 0.3 is 5.97 Å². The summed E-state index contributed by atoms with van der Waals surface area (Å²) >= 11 is 0. The summed E-state index contributed by atoms with van der Waals surface area (Å²) in [5, 5.41) is 8.98. The summed E-state index contributed by atoms with van der Waals surface area (Å²) in [7, 11) is 0. The van der Waals surface area contributed by atoms with Crippen LogP contribution in [0.1, 0.15) is 24.5 Å². The Kier molecular flexibility index (Phi) is 3.53. The van der Waals surface area contributed by atoms with Gasteiger partial charge in [-0.25, -0.2) is 0 Å². The molecule has 2 aliphatic rings. The number of rotatable bonds is 4. The molecule has 2 fully saturated rings. The van der Waals surface area contributed by atoms with Gasteiger partial charge in [0.2, 0.25) is 0 Å². The highest BCUT2D eigenvalue weighted by atomic mass is 16.5. The third-order valence-corrected chi connectivity index (χ3v) is 3.88. The van der Waals surface area contributed by atoms with Gasteiger partial charge in [0, 0.05) is 13.1 Å². The van der Waals surface area contributed by atoms with Crippen molar-refractivity contribution < 1.29 is 14.6 Å². The minimum Gasteiger partial charge on any atom is -0.480 e. The van der Waals surface area contributed by atoms with Gasteiger partial charge in [0.05, 0.1) is 18.8 Å². The first-order valence-corrected chi connectivity index (χ1v) is 6.87. The first-order valence-electron chi connectivity index (χ1n) is 6.87. The summed E-state index contributed by atoms with van der Waals surface area (Å²) in [5.41, 5.74) is 1.14. The maximum Gasteiger partial charge on any atom is 0.317 e. The van der Waals surface area contributed by atoms with Gasteiger partial charge < -0.3 is 9.84 Å². The lowest BCUT2D eigenvalue weighted by Gasteiger charge is -2.37. The van der Waals surface area contributed by atoms with Crippen LogP contribution in [0.15, 0.2) is 30.3 Å². The Morgan fingerprint density at radius 2 is 2.00 bits per heavy atom. The predicted octanol–water partition coefficient (Wildman–Crippen LogP) is 1.92. The molecule has 1 aliphatic carbocycles. The molecule has 0 amide bonds. The molecule has 0 radical (unpaired) electrons. The van der Waals surface area contributed by atoms with Gasteiger partial charge in [-0.3, -0.25) is 9.69 Å². The quantitative estimate of drug-likeness (QED) is 0.899. The van der Waals surface area contributed by atoms with Gasteiger partial charge in [-0.15, -0.1) is 0 Å². The van der Waals surface area contributed by atoms with E-state index in [9.17, 15) is 4.79 Å². The minimum absolute atomic E-state index is 0.0000926. The normalized spacial score (nSPS) is 28.2. The third-order valence-electron chi connectivity index (χ3n) is 3.88. The lowest BCUT2D eigenvalue weighted by Crippen LogP contribution is -2.46. The second-order valence-electron chi connectivity index (χ2n) is 5.50. The fourth-order valence-electron chi connectivity index (χ4n) is 2.76. The number of hydrogen-bond donors (Lipinski definition) is 1. The molecule has 2 atom stereocenters.